The highest BCUT2D eigenvalue weighted by molar-refractivity contribution is 5.94. The second-order valence-corrected chi connectivity index (χ2v) is 6.08. The van der Waals surface area contributed by atoms with Gasteiger partial charge in [0.1, 0.15) is 5.75 Å². The molecule has 2 rings (SSSR count). The number of piperazine rings is 1. The van der Waals surface area contributed by atoms with Crippen LogP contribution in [0, 0.1) is 5.92 Å². The molecule has 1 aliphatic heterocycles. The predicted octanol–water partition coefficient (Wildman–Crippen LogP) is 1.05. The molecule has 1 saturated heterocycles. The molecule has 0 radical (unpaired) electrons. The highest BCUT2D eigenvalue weighted by Gasteiger charge is 2.29. The van der Waals surface area contributed by atoms with Gasteiger partial charge in [-0.15, -0.1) is 0 Å². The Hall–Kier alpha value is -2.08. The summed E-state index contributed by atoms with van der Waals surface area (Å²) in [6, 6.07) is 5.73. The number of rotatable bonds is 4. The van der Waals surface area contributed by atoms with Gasteiger partial charge < -0.3 is 20.6 Å². The molecule has 0 spiro atoms. The molecular formula is C17H25N3O3. The lowest BCUT2D eigenvalue weighted by Crippen LogP contribution is -2.55. The van der Waals surface area contributed by atoms with Gasteiger partial charge >= 0.3 is 0 Å². The van der Waals surface area contributed by atoms with E-state index < -0.39 is 6.04 Å². The molecule has 6 nitrogen and oxygen atoms in total. The van der Waals surface area contributed by atoms with E-state index in [4.69, 9.17) is 5.73 Å². The summed E-state index contributed by atoms with van der Waals surface area (Å²) in [5.74, 6) is 0.176. The first-order valence-corrected chi connectivity index (χ1v) is 8.06. The summed E-state index contributed by atoms with van der Waals surface area (Å²) in [5, 5.41) is 9.28. The van der Waals surface area contributed by atoms with Gasteiger partial charge in [-0.2, -0.15) is 0 Å². The topological polar surface area (TPSA) is 86.9 Å². The van der Waals surface area contributed by atoms with Gasteiger partial charge in [-0.05, 0) is 30.2 Å². The van der Waals surface area contributed by atoms with E-state index >= 15 is 0 Å². The molecule has 1 aromatic carbocycles. The number of carbonyl (C=O) groups is 2. The summed E-state index contributed by atoms with van der Waals surface area (Å²) >= 11 is 0. The zero-order chi connectivity index (χ0) is 17.0. The lowest BCUT2D eigenvalue weighted by Gasteiger charge is -2.36. The van der Waals surface area contributed by atoms with Gasteiger partial charge in [-0.25, -0.2) is 0 Å². The van der Waals surface area contributed by atoms with Gasteiger partial charge in [0, 0.05) is 31.7 Å². The van der Waals surface area contributed by atoms with Crippen LogP contribution in [0.1, 0.15) is 30.6 Å². The molecule has 1 aliphatic rings. The van der Waals surface area contributed by atoms with Crippen LogP contribution in [-0.2, 0) is 4.79 Å². The molecule has 2 unspecified atom stereocenters. The highest BCUT2D eigenvalue weighted by Crippen LogP contribution is 2.15. The Labute approximate surface area is 136 Å². The minimum absolute atomic E-state index is 0.0314. The number of aromatic hydroxyl groups is 1. The fourth-order valence-electron chi connectivity index (χ4n) is 2.62. The van der Waals surface area contributed by atoms with E-state index in [-0.39, 0.29) is 23.5 Å². The van der Waals surface area contributed by atoms with Crippen molar-refractivity contribution in [3.63, 3.8) is 0 Å². The Kier molecular flexibility index (Phi) is 5.60. The van der Waals surface area contributed by atoms with Crippen LogP contribution in [0.4, 0.5) is 0 Å². The summed E-state index contributed by atoms with van der Waals surface area (Å²) in [5.41, 5.74) is 6.55. The SMILES string of the molecule is CCC(C)C(N)C(=O)N1CCN(C(=O)c2ccc(O)cc2)CC1. The fourth-order valence-corrected chi connectivity index (χ4v) is 2.62. The van der Waals surface area contributed by atoms with Crippen LogP contribution >= 0.6 is 0 Å². The molecular weight excluding hydrogens is 294 g/mol. The number of nitrogens with zero attached hydrogens (tertiary/aromatic N) is 2. The second kappa shape index (κ2) is 7.46. The summed E-state index contributed by atoms with van der Waals surface area (Å²) in [4.78, 5) is 28.2. The monoisotopic (exact) mass is 319 g/mol. The first-order valence-electron chi connectivity index (χ1n) is 8.06. The quantitative estimate of drug-likeness (QED) is 0.868. The number of hydrogen-bond donors (Lipinski definition) is 2. The van der Waals surface area contributed by atoms with E-state index in [0.717, 1.165) is 6.42 Å². The minimum atomic E-state index is -0.473. The molecule has 1 heterocycles. The molecule has 3 N–H and O–H groups in total. The van der Waals surface area contributed by atoms with Crippen molar-refractivity contribution in [2.24, 2.45) is 11.7 Å². The van der Waals surface area contributed by atoms with Gasteiger partial charge in [0.25, 0.3) is 5.91 Å². The lowest BCUT2D eigenvalue weighted by molar-refractivity contribution is -0.135. The van der Waals surface area contributed by atoms with Crippen molar-refractivity contribution in [3.8, 4) is 5.75 Å². The number of carbonyl (C=O) groups excluding carboxylic acids is 2. The van der Waals surface area contributed by atoms with E-state index in [1.807, 2.05) is 13.8 Å². The lowest BCUT2D eigenvalue weighted by atomic mass is 9.98. The van der Waals surface area contributed by atoms with Crippen LogP contribution in [0.3, 0.4) is 0 Å². The van der Waals surface area contributed by atoms with E-state index in [0.29, 0.717) is 31.7 Å². The summed E-state index contributed by atoms with van der Waals surface area (Å²) in [6.07, 6.45) is 0.867. The molecule has 1 aromatic rings. The first kappa shape index (κ1) is 17.3. The molecule has 0 aromatic heterocycles. The molecule has 0 bridgehead atoms. The minimum Gasteiger partial charge on any atom is -0.508 e. The molecule has 1 fully saturated rings. The second-order valence-electron chi connectivity index (χ2n) is 6.08. The maximum Gasteiger partial charge on any atom is 0.253 e. The van der Waals surface area contributed by atoms with E-state index in [1.165, 1.54) is 12.1 Å². The molecule has 23 heavy (non-hydrogen) atoms. The molecule has 126 valence electrons. The molecule has 2 amide bonds. The number of benzene rings is 1. The number of hydrogen-bond acceptors (Lipinski definition) is 4. The molecule has 2 atom stereocenters. The van der Waals surface area contributed by atoms with Gasteiger partial charge in [-0.1, -0.05) is 20.3 Å². The third-order valence-corrected chi connectivity index (χ3v) is 4.53. The first-order chi connectivity index (χ1) is 10.9. The van der Waals surface area contributed by atoms with Crippen molar-refractivity contribution in [1.29, 1.82) is 0 Å². The number of phenolic OH excluding ortho intramolecular Hbond substituents is 1. The summed E-state index contributed by atoms with van der Waals surface area (Å²) in [6.45, 7) is 6.01. The Balaban J connectivity index is 1.92. The smallest absolute Gasteiger partial charge is 0.253 e. The molecule has 0 saturated carbocycles. The van der Waals surface area contributed by atoms with Crippen LogP contribution in [0.25, 0.3) is 0 Å². The number of phenols is 1. The van der Waals surface area contributed by atoms with Crippen LogP contribution in [0.2, 0.25) is 0 Å². The van der Waals surface area contributed by atoms with Gasteiger partial charge in [0.15, 0.2) is 0 Å². The van der Waals surface area contributed by atoms with Crippen LogP contribution < -0.4 is 5.73 Å². The largest absolute Gasteiger partial charge is 0.508 e. The highest BCUT2D eigenvalue weighted by atomic mass is 16.3. The van der Waals surface area contributed by atoms with Crippen LogP contribution in [-0.4, -0.2) is 58.9 Å². The zero-order valence-corrected chi connectivity index (χ0v) is 13.7. The summed E-state index contributed by atoms with van der Waals surface area (Å²) in [7, 11) is 0. The van der Waals surface area contributed by atoms with Gasteiger partial charge in [0.05, 0.1) is 6.04 Å². The van der Waals surface area contributed by atoms with E-state index in [1.54, 1.807) is 21.9 Å². The van der Waals surface area contributed by atoms with Crippen LogP contribution in [0.5, 0.6) is 5.75 Å². The van der Waals surface area contributed by atoms with E-state index in [9.17, 15) is 14.7 Å². The maximum atomic E-state index is 12.4. The fraction of sp³-hybridized carbons (Fsp3) is 0.529. The van der Waals surface area contributed by atoms with Gasteiger partial charge in [-0.3, -0.25) is 9.59 Å². The Morgan fingerprint density at radius 1 is 1.13 bits per heavy atom. The number of nitrogens with two attached hydrogens (primary N) is 1. The van der Waals surface area contributed by atoms with Crippen molar-refractivity contribution >= 4 is 11.8 Å². The van der Waals surface area contributed by atoms with Gasteiger partial charge in [0.2, 0.25) is 5.91 Å². The van der Waals surface area contributed by atoms with Crippen molar-refractivity contribution in [1.82, 2.24) is 9.80 Å². The van der Waals surface area contributed by atoms with Crippen molar-refractivity contribution in [2.75, 3.05) is 26.2 Å². The predicted molar refractivity (Wildman–Crippen MR) is 88.0 cm³/mol. The summed E-state index contributed by atoms with van der Waals surface area (Å²) < 4.78 is 0. The standard InChI is InChI=1S/C17H25N3O3/c1-3-12(2)15(18)17(23)20-10-8-19(9-11-20)16(22)13-4-6-14(21)7-5-13/h4-7,12,15,21H,3,8-11,18H2,1-2H3. The molecule has 0 aliphatic carbocycles. The van der Waals surface area contributed by atoms with Crippen molar-refractivity contribution in [3.05, 3.63) is 29.8 Å². The number of amides is 2. The average Bonchev–Trinajstić information content (AvgIpc) is 2.60. The van der Waals surface area contributed by atoms with E-state index in [2.05, 4.69) is 0 Å². The third kappa shape index (κ3) is 4.01. The average molecular weight is 319 g/mol. The Bertz CT molecular complexity index is 551. The Morgan fingerprint density at radius 2 is 1.65 bits per heavy atom. The maximum absolute atomic E-state index is 12.4. The van der Waals surface area contributed by atoms with Crippen LogP contribution in [0.15, 0.2) is 24.3 Å². The normalized spacial score (nSPS) is 17.7. The van der Waals surface area contributed by atoms with Crippen molar-refractivity contribution in [2.45, 2.75) is 26.3 Å². The zero-order valence-electron chi connectivity index (χ0n) is 13.7. The van der Waals surface area contributed by atoms with Crippen molar-refractivity contribution < 1.29 is 14.7 Å². The molecule has 6 heteroatoms. The Morgan fingerprint density at radius 3 is 2.17 bits per heavy atom. The third-order valence-electron chi connectivity index (χ3n) is 4.53.